The molecule has 9 nitrogen and oxygen atoms in total. The van der Waals surface area contributed by atoms with E-state index in [1.807, 2.05) is 6.92 Å². The Kier molecular flexibility index (Phi) is 32.9. The van der Waals surface area contributed by atoms with Crippen LogP contribution in [0.5, 0.6) is 0 Å². The van der Waals surface area contributed by atoms with Crippen LogP contribution in [-0.4, -0.2) is 69.2 Å². The summed E-state index contributed by atoms with van der Waals surface area (Å²) in [4.78, 5) is 10.1. The molecule has 0 aromatic carbocycles. The van der Waals surface area contributed by atoms with Crippen molar-refractivity contribution < 1.29 is 43.7 Å². The van der Waals surface area contributed by atoms with E-state index in [0.717, 1.165) is 115 Å². The van der Waals surface area contributed by atoms with E-state index in [1.54, 1.807) is 6.08 Å². The fraction of sp³-hybridized carbons (Fsp3) is 0.643. The Hall–Kier alpha value is -2.69. The summed E-state index contributed by atoms with van der Waals surface area (Å²) in [5.41, 5.74) is 14.1. The van der Waals surface area contributed by atoms with Crippen LogP contribution in [0.3, 0.4) is 0 Å². The van der Waals surface area contributed by atoms with Crippen molar-refractivity contribution in [1.29, 1.82) is 0 Å². The van der Waals surface area contributed by atoms with Crippen molar-refractivity contribution in [3.8, 4) is 0 Å². The van der Waals surface area contributed by atoms with Gasteiger partial charge in [0.1, 0.15) is 24.4 Å². The molecule has 1 fully saturated rings. The number of phosphoric ester groups is 1. The van der Waals surface area contributed by atoms with Gasteiger partial charge in [0.15, 0.2) is 6.29 Å². The van der Waals surface area contributed by atoms with Gasteiger partial charge in [0.25, 0.3) is 0 Å². The van der Waals surface area contributed by atoms with Gasteiger partial charge in [0.05, 0.1) is 13.2 Å². The highest BCUT2D eigenvalue weighted by atomic mass is 31.2. The summed E-state index contributed by atoms with van der Waals surface area (Å²) in [5.74, 6) is 0. The Labute approximate surface area is 402 Å². The summed E-state index contributed by atoms with van der Waals surface area (Å²) in [6.07, 6.45) is 34.4. The van der Waals surface area contributed by atoms with Gasteiger partial charge in [-0.3, -0.25) is 9.05 Å². The second-order valence-electron chi connectivity index (χ2n) is 19.2. The number of hydrogen-bond donors (Lipinski definition) is 5. The fourth-order valence-corrected chi connectivity index (χ4v) is 8.23. The smallest absolute Gasteiger partial charge is 0.394 e. The summed E-state index contributed by atoms with van der Waals surface area (Å²) in [5, 5.41) is 39.1. The SMILES string of the molecule is CC(C)=CCC/C(C)=C/CC/C(C)=C/CC/C(C)=C/CC/C(C)=C/CC/C(C)=C/CC/C(C)=C/CC/C(C)=C/CC/C(C)=C/CC/C(C)=C/COP(=O)(O)O[C@@H]1O[C@H](CO)[C@@H](O)[C@H](O)[C@@H]1O. The first kappa shape index (κ1) is 61.3. The number of ether oxygens (including phenoxy) is 1. The lowest BCUT2D eigenvalue weighted by Crippen LogP contribution is -2.58. The van der Waals surface area contributed by atoms with Crippen LogP contribution in [-0.2, 0) is 18.3 Å². The molecule has 1 saturated heterocycles. The molecule has 0 bridgehead atoms. The molecular formula is C56H93O9P. The molecule has 5 N–H and O–H groups in total. The van der Waals surface area contributed by atoms with Crippen molar-refractivity contribution in [2.75, 3.05) is 13.2 Å². The molecule has 0 radical (unpaired) electrons. The molecule has 0 saturated carbocycles. The van der Waals surface area contributed by atoms with Crippen molar-refractivity contribution in [3.63, 3.8) is 0 Å². The summed E-state index contributed by atoms with van der Waals surface area (Å²) in [6.45, 7) is 23.4. The number of hydrogen-bond acceptors (Lipinski definition) is 8. The highest BCUT2D eigenvalue weighted by molar-refractivity contribution is 7.47. The predicted molar refractivity (Wildman–Crippen MR) is 277 cm³/mol. The molecule has 10 heteroatoms. The van der Waals surface area contributed by atoms with Crippen LogP contribution in [0, 0.1) is 0 Å². The minimum Gasteiger partial charge on any atom is -0.394 e. The van der Waals surface area contributed by atoms with Crippen molar-refractivity contribution >= 4 is 7.82 Å². The number of allylic oxidation sites excluding steroid dienone is 19. The van der Waals surface area contributed by atoms with Crippen LogP contribution in [0.1, 0.15) is 192 Å². The summed E-state index contributed by atoms with van der Waals surface area (Å²) in [7, 11) is -4.67. The van der Waals surface area contributed by atoms with Crippen molar-refractivity contribution in [2.45, 2.75) is 222 Å². The standard InChI is InChI=1S/C56H93O9P/c1-42(2)21-12-22-43(3)23-13-24-44(4)25-14-26-45(5)27-15-28-46(6)29-16-30-47(7)31-17-32-48(8)33-18-34-49(9)35-19-36-50(10)37-20-38-51(11)39-40-63-66(61,62)65-56-55(60)54(59)53(58)52(41-57)64-56/h21,23,25,27,29,31,33,35,37,39,52-60H,12-20,22,24,26,28,30,32,34,36,38,40-41H2,1-11H3,(H,61,62)/b43-23+,44-25+,45-27+,46-29+,47-31+,48-33+,49-35+,50-37+,51-39+/t52-,53-,54+,55+,56+/m1/s1. The van der Waals surface area contributed by atoms with Gasteiger partial charge in [0.2, 0.25) is 0 Å². The molecule has 1 rings (SSSR count). The van der Waals surface area contributed by atoms with Crippen LogP contribution in [0.15, 0.2) is 116 Å². The first-order valence-electron chi connectivity index (χ1n) is 24.7. The van der Waals surface area contributed by atoms with E-state index >= 15 is 0 Å². The maximum Gasteiger partial charge on any atom is 0.474 e. The number of phosphoric acid groups is 1. The molecule has 0 aliphatic carbocycles. The van der Waals surface area contributed by atoms with Gasteiger partial charge in [-0.1, -0.05) is 116 Å². The number of aliphatic hydroxyl groups is 4. The predicted octanol–water partition coefficient (Wildman–Crippen LogP) is 14.4. The van der Waals surface area contributed by atoms with Gasteiger partial charge in [-0.05, 0) is 192 Å². The van der Waals surface area contributed by atoms with E-state index in [1.165, 1.54) is 56.6 Å². The van der Waals surface area contributed by atoms with E-state index in [9.17, 15) is 29.9 Å². The van der Waals surface area contributed by atoms with Crippen molar-refractivity contribution in [3.05, 3.63) is 116 Å². The molecule has 376 valence electrons. The third-order valence-electron chi connectivity index (χ3n) is 12.1. The molecule has 1 unspecified atom stereocenters. The zero-order chi connectivity index (χ0) is 49.5. The van der Waals surface area contributed by atoms with Crippen LogP contribution >= 0.6 is 7.82 Å². The Balaban J connectivity index is 2.27. The van der Waals surface area contributed by atoms with E-state index < -0.39 is 45.1 Å². The molecular weight excluding hydrogens is 848 g/mol. The molecule has 0 aromatic heterocycles. The van der Waals surface area contributed by atoms with Crippen LogP contribution < -0.4 is 0 Å². The first-order chi connectivity index (χ1) is 31.2. The number of aliphatic hydroxyl groups excluding tert-OH is 4. The van der Waals surface area contributed by atoms with Gasteiger partial charge in [-0.2, -0.15) is 0 Å². The lowest BCUT2D eigenvalue weighted by atomic mass is 10.00. The molecule has 0 aromatic rings. The van der Waals surface area contributed by atoms with Gasteiger partial charge >= 0.3 is 7.82 Å². The lowest BCUT2D eigenvalue weighted by Gasteiger charge is -2.39. The van der Waals surface area contributed by atoms with Gasteiger partial charge in [-0.25, -0.2) is 4.57 Å². The minimum atomic E-state index is -4.67. The van der Waals surface area contributed by atoms with E-state index in [4.69, 9.17) is 13.8 Å². The lowest BCUT2D eigenvalue weighted by molar-refractivity contribution is -0.281. The maximum absolute atomic E-state index is 12.4. The van der Waals surface area contributed by atoms with Gasteiger partial charge < -0.3 is 30.1 Å². The van der Waals surface area contributed by atoms with Crippen LogP contribution in [0.25, 0.3) is 0 Å². The normalized spacial score (nSPS) is 22.2. The second kappa shape index (κ2) is 35.4. The molecule has 66 heavy (non-hydrogen) atoms. The van der Waals surface area contributed by atoms with Crippen LogP contribution in [0.4, 0.5) is 0 Å². The van der Waals surface area contributed by atoms with Crippen molar-refractivity contribution in [1.82, 2.24) is 0 Å². The van der Waals surface area contributed by atoms with E-state index in [0.29, 0.717) is 0 Å². The Morgan fingerprint density at radius 3 is 0.985 bits per heavy atom. The third kappa shape index (κ3) is 30.6. The van der Waals surface area contributed by atoms with E-state index in [2.05, 4.69) is 124 Å². The average Bonchev–Trinajstić information content (AvgIpc) is 3.23. The highest BCUT2D eigenvalue weighted by Gasteiger charge is 2.46. The topological polar surface area (TPSA) is 146 Å². The monoisotopic (exact) mass is 941 g/mol. The molecule has 0 amide bonds. The average molecular weight is 941 g/mol. The Bertz CT molecular complexity index is 1770. The third-order valence-corrected chi connectivity index (χ3v) is 13.0. The summed E-state index contributed by atoms with van der Waals surface area (Å²) >= 11 is 0. The number of rotatable bonds is 33. The van der Waals surface area contributed by atoms with Gasteiger partial charge in [0, 0.05) is 0 Å². The van der Waals surface area contributed by atoms with Gasteiger partial charge in [-0.15, -0.1) is 0 Å². The zero-order valence-corrected chi connectivity index (χ0v) is 44.0. The minimum absolute atomic E-state index is 0.206. The zero-order valence-electron chi connectivity index (χ0n) is 43.1. The second-order valence-corrected chi connectivity index (χ2v) is 20.6. The molecule has 1 heterocycles. The Morgan fingerprint density at radius 2 is 0.712 bits per heavy atom. The molecule has 1 aliphatic rings. The quantitative estimate of drug-likeness (QED) is 0.0321. The molecule has 1 aliphatic heterocycles. The van der Waals surface area contributed by atoms with Crippen molar-refractivity contribution in [2.24, 2.45) is 0 Å². The fourth-order valence-electron chi connectivity index (χ4n) is 7.47. The molecule has 0 spiro atoms. The van der Waals surface area contributed by atoms with E-state index in [-0.39, 0.29) is 6.61 Å². The Morgan fingerprint density at radius 1 is 0.439 bits per heavy atom. The van der Waals surface area contributed by atoms with Crippen LogP contribution in [0.2, 0.25) is 0 Å². The maximum atomic E-state index is 12.4. The summed E-state index contributed by atoms with van der Waals surface area (Å²) in [6, 6.07) is 0. The largest absolute Gasteiger partial charge is 0.474 e. The molecule has 6 atom stereocenters. The summed E-state index contributed by atoms with van der Waals surface area (Å²) < 4.78 is 27.4. The highest BCUT2D eigenvalue weighted by Crippen LogP contribution is 2.46. The first-order valence-corrected chi connectivity index (χ1v) is 26.2.